The van der Waals surface area contributed by atoms with Gasteiger partial charge in [0.2, 0.25) is 0 Å². The van der Waals surface area contributed by atoms with E-state index in [0.29, 0.717) is 0 Å². The normalized spacial score (nSPS) is 15.6. The van der Waals surface area contributed by atoms with Crippen LogP contribution in [0.25, 0.3) is 10.9 Å². The minimum absolute atomic E-state index is 0.760. The summed E-state index contributed by atoms with van der Waals surface area (Å²) in [6.07, 6.45) is 2.22. The summed E-state index contributed by atoms with van der Waals surface area (Å²) >= 11 is 6.03. The van der Waals surface area contributed by atoms with Gasteiger partial charge in [-0.3, -0.25) is 4.98 Å². The summed E-state index contributed by atoms with van der Waals surface area (Å²) < 4.78 is 0. The van der Waals surface area contributed by atoms with Gasteiger partial charge >= 0.3 is 0 Å². The second kappa shape index (κ2) is 4.28. The van der Waals surface area contributed by atoms with E-state index < -0.39 is 0 Å². The molecule has 3 heteroatoms. The van der Waals surface area contributed by atoms with Crippen molar-refractivity contribution in [2.75, 3.05) is 6.54 Å². The average Bonchev–Trinajstić information content (AvgIpc) is 2.54. The molecule has 0 amide bonds. The van der Waals surface area contributed by atoms with Gasteiger partial charge in [-0.1, -0.05) is 17.7 Å². The van der Waals surface area contributed by atoms with E-state index in [1.165, 1.54) is 22.2 Å². The summed E-state index contributed by atoms with van der Waals surface area (Å²) in [7, 11) is 0. The Kier molecular flexibility index (Phi) is 2.77. The van der Waals surface area contributed by atoms with Gasteiger partial charge in [0.1, 0.15) is 0 Å². The number of fused-ring (bicyclic) bond motifs is 2. The maximum atomic E-state index is 6.03. The molecule has 0 saturated heterocycles. The van der Waals surface area contributed by atoms with E-state index in [1.807, 2.05) is 12.1 Å². The molecule has 0 bridgehead atoms. The van der Waals surface area contributed by atoms with Gasteiger partial charge in [0, 0.05) is 22.6 Å². The number of aromatic nitrogens is 1. The van der Waals surface area contributed by atoms with Crippen LogP contribution < -0.4 is 5.32 Å². The summed E-state index contributed by atoms with van der Waals surface area (Å²) in [5.41, 5.74) is 4.98. The molecule has 0 fully saturated rings. The second-order valence-electron chi connectivity index (χ2n) is 4.60. The van der Waals surface area contributed by atoms with E-state index in [2.05, 4.69) is 18.3 Å². The third-order valence-electron chi connectivity index (χ3n) is 3.49. The summed E-state index contributed by atoms with van der Waals surface area (Å²) in [5, 5.41) is 5.43. The molecule has 0 saturated carbocycles. The Morgan fingerprint density at radius 3 is 3.12 bits per heavy atom. The number of halogens is 1. The maximum Gasteiger partial charge on any atom is 0.0723 e. The zero-order valence-corrected chi connectivity index (χ0v) is 10.6. The third kappa shape index (κ3) is 1.92. The fourth-order valence-electron chi connectivity index (χ4n) is 2.54. The van der Waals surface area contributed by atoms with Crippen molar-refractivity contribution in [2.24, 2.45) is 0 Å². The molecule has 0 radical (unpaired) electrons. The molecular formula is C14H15ClN2. The number of rotatable bonds is 0. The van der Waals surface area contributed by atoms with Crippen molar-refractivity contribution in [1.82, 2.24) is 10.3 Å². The lowest BCUT2D eigenvalue weighted by Gasteiger charge is -2.12. The monoisotopic (exact) mass is 246 g/mol. The van der Waals surface area contributed by atoms with Crippen LogP contribution >= 0.6 is 11.6 Å². The lowest BCUT2D eigenvalue weighted by atomic mass is 10.0. The number of hydrogen-bond acceptors (Lipinski definition) is 2. The van der Waals surface area contributed by atoms with Gasteiger partial charge in [-0.25, -0.2) is 0 Å². The molecular weight excluding hydrogens is 232 g/mol. The van der Waals surface area contributed by atoms with Crippen LogP contribution in [0, 0.1) is 6.92 Å². The summed E-state index contributed by atoms with van der Waals surface area (Å²) in [5.74, 6) is 0. The van der Waals surface area contributed by atoms with Crippen LogP contribution in [0.2, 0.25) is 5.02 Å². The highest BCUT2D eigenvalue weighted by Gasteiger charge is 2.14. The van der Waals surface area contributed by atoms with Crippen molar-refractivity contribution in [2.45, 2.75) is 26.3 Å². The van der Waals surface area contributed by atoms with Crippen molar-refractivity contribution in [3.63, 3.8) is 0 Å². The third-order valence-corrected chi connectivity index (χ3v) is 3.72. The van der Waals surface area contributed by atoms with Crippen LogP contribution in [-0.4, -0.2) is 11.5 Å². The van der Waals surface area contributed by atoms with Crippen molar-refractivity contribution < 1.29 is 0 Å². The van der Waals surface area contributed by atoms with Gasteiger partial charge < -0.3 is 5.32 Å². The zero-order chi connectivity index (χ0) is 11.8. The number of benzene rings is 1. The Morgan fingerprint density at radius 1 is 1.35 bits per heavy atom. The van der Waals surface area contributed by atoms with Gasteiger partial charge in [0.05, 0.1) is 5.52 Å². The van der Waals surface area contributed by atoms with Gasteiger partial charge in [-0.2, -0.15) is 0 Å². The predicted octanol–water partition coefficient (Wildman–Crippen LogP) is 3.23. The first-order chi connectivity index (χ1) is 8.25. The Hall–Kier alpha value is -1.12. The second-order valence-corrected chi connectivity index (χ2v) is 5.04. The fraction of sp³-hybridized carbons (Fsp3) is 0.357. The van der Waals surface area contributed by atoms with E-state index in [9.17, 15) is 0 Å². The van der Waals surface area contributed by atoms with Crippen LogP contribution in [0.15, 0.2) is 18.2 Å². The van der Waals surface area contributed by atoms with Gasteiger partial charge in [-0.15, -0.1) is 0 Å². The quantitative estimate of drug-likeness (QED) is 0.772. The predicted molar refractivity (Wildman–Crippen MR) is 71.5 cm³/mol. The average molecular weight is 247 g/mol. The van der Waals surface area contributed by atoms with Crippen molar-refractivity contribution in [1.29, 1.82) is 0 Å². The SMILES string of the molecule is Cc1c2c(nc3cc(Cl)ccc13)CCCNC2. The minimum Gasteiger partial charge on any atom is -0.313 e. The van der Waals surface area contributed by atoms with Gasteiger partial charge in [-0.05, 0) is 49.6 Å². The Bertz CT molecular complexity index is 578. The van der Waals surface area contributed by atoms with Gasteiger partial charge in [0.15, 0.2) is 0 Å². The standard InChI is InChI=1S/C14H15ClN2/c1-9-11-5-4-10(15)7-14(11)17-13-3-2-6-16-8-12(9)13/h4-5,7,16H,2-3,6,8H2,1H3. The molecule has 0 spiro atoms. The molecule has 1 N–H and O–H groups in total. The summed E-state index contributed by atoms with van der Waals surface area (Å²) in [6, 6.07) is 5.97. The number of aryl methyl sites for hydroxylation is 2. The highest BCUT2D eigenvalue weighted by atomic mass is 35.5. The lowest BCUT2D eigenvalue weighted by Crippen LogP contribution is -2.13. The molecule has 1 aliphatic rings. The molecule has 2 heterocycles. The topological polar surface area (TPSA) is 24.9 Å². The first-order valence-electron chi connectivity index (χ1n) is 6.04. The molecule has 1 aromatic heterocycles. The summed E-state index contributed by atoms with van der Waals surface area (Å²) in [4.78, 5) is 4.77. The molecule has 0 atom stereocenters. The van der Waals surface area contributed by atoms with Crippen LogP contribution in [0.1, 0.15) is 23.2 Å². The molecule has 2 nitrogen and oxygen atoms in total. The molecule has 1 aliphatic heterocycles. The van der Waals surface area contributed by atoms with Crippen molar-refractivity contribution in [3.05, 3.63) is 40.0 Å². The van der Waals surface area contributed by atoms with Gasteiger partial charge in [0.25, 0.3) is 0 Å². The summed E-state index contributed by atoms with van der Waals surface area (Å²) in [6.45, 7) is 4.20. The maximum absolute atomic E-state index is 6.03. The highest BCUT2D eigenvalue weighted by molar-refractivity contribution is 6.31. The van der Waals surface area contributed by atoms with Crippen LogP contribution in [0.4, 0.5) is 0 Å². The van der Waals surface area contributed by atoms with E-state index in [4.69, 9.17) is 16.6 Å². The number of nitrogens with one attached hydrogen (secondary N) is 1. The molecule has 0 unspecified atom stereocenters. The van der Waals surface area contributed by atoms with Crippen LogP contribution in [0.3, 0.4) is 0 Å². The Morgan fingerprint density at radius 2 is 2.24 bits per heavy atom. The van der Waals surface area contributed by atoms with E-state index in [0.717, 1.165) is 36.5 Å². The molecule has 0 aliphatic carbocycles. The van der Waals surface area contributed by atoms with Crippen LogP contribution in [-0.2, 0) is 13.0 Å². The number of nitrogens with zero attached hydrogens (tertiary/aromatic N) is 1. The number of hydrogen-bond donors (Lipinski definition) is 1. The first kappa shape index (κ1) is 11.0. The molecule has 17 heavy (non-hydrogen) atoms. The molecule has 88 valence electrons. The Balaban J connectivity index is 2.29. The smallest absolute Gasteiger partial charge is 0.0723 e. The first-order valence-corrected chi connectivity index (χ1v) is 6.42. The molecule has 1 aromatic carbocycles. The largest absolute Gasteiger partial charge is 0.313 e. The minimum atomic E-state index is 0.760. The number of pyridine rings is 1. The fourth-order valence-corrected chi connectivity index (χ4v) is 2.71. The zero-order valence-electron chi connectivity index (χ0n) is 9.89. The van der Waals surface area contributed by atoms with Crippen molar-refractivity contribution >= 4 is 22.5 Å². The molecule has 2 aromatic rings. The lowest BCUT2D eigenvalue weighted by molar-refractivity contribution is 0.679. The highest BCUT2D eigenvalue weighted by Crippen LogP contribution is 2.26. The Labute approximate surface area is 106 Å². The van der Waals surface area contributed by atoms with Crippen molar-refractivity contribution in [3.8, 4) is 0 Å². The van der Waals surface area contributed by atoms with E-state index >= 15 is 0 Å². The van der Waals surface area contributed by atoms with Crippen LogP contribution in [0.5, 0.6) is 0 Å². The molecule has 3 rings (SSSR count). The van der Waals surface area contributed by atoms with E-state index in [-0.39, 0.29) is 0 Å². The van der Waals surface area contributed by atoms with E-state index in [1.54, 1.807) is 0 Å².